The Labute approximate surface area is 101 Å². The van der Waals surface area contributed by atoms with E-state index in [0.717, 1.165) is 18.3 Å². The van der Waals surface area contributed by atoms with Gasteiger partial charge in [0.15, 0.2) is 5.69 Å². The Kier molecular flexibility index (Phi) is 2.38. The molecule has 0 aromatic carbocycles. The Morgan fingerprint density at radius 1 is 1.39 bits per heavy atom. The van der Waals surface area contributed by atoms with Gasteiger partial charge in [0, 0.05) is 17.8 Å². The average molecular weight is 255 g/mol. The highest BCUT2D eigenvalue weighted by atomic mass is 19.4. The van der Waals surface area contributed by atoms with Crippen LogP contribution in [0.25, 0.3) is 5.65 Å². The first-order valence-corrected chi connectivity index (χ1v) is 5.76. The second-order valence-corrected chi connectivity index (χ2v) is 4.64. The number of nitrogens with zero attached hydrogens (tertiary/aromatic N) is 2. The molecule has 1 fully saturated rings. The Morgan fingerprint density at radius 3 is 2.78 bits per heavy atom. The van der Waals surface area contributed by atoms with Crippen molar-refractivity contribution >= 4 is 5.65 Å². The van der Waals surface area contributed by atoms with Gasteiger partial charge in [0.05, 0.1) is 0 Å². The lowest BCUT2D eigenvalue weighted by atomic mass is 10.2. The summed E-state index contributed by atoms with van der Waals surface area (Å²) in [6.45, 7) is 0.571. The van der Waals surface area contributed by atoms with E-state index in [9.17, 15) is 13.2 Å². The van der Waals surface area contributed by atoms with Crippen LogP contribution in [0.3, 0.4) is 0 Å². The molecule has 0 amide bonds. The molecular formula is C12H12F3N3. The van der Waals surface area contributed by atoms with E-state index in [4.69, 9.17) is 5.73 Å². The minimum Gasteiger partial charge on any atom is -0.330 e. The van der Waals surface area contributed by atoms with Crippen molar-refractivity contribution in [3.8, 4) is 0 Å². The fourth-order valence-electron chi connectivity index (χ4n) is 2.34. The Balaban J connectivity index is 2.08. The van der Waals surface area contributed by atoms with Crippen LogP contribution in [0, 0.1) is 5.92 Å². The maximum absolute atomic E-state index is 12.6. The molecule has 3 nitrogen and oxygen atoms in total. The third kappa shape index (κ3) is 1.77. The first-order chi connectivity index (χ1) is 8.50. The van der Waals surface area contributed by atoms with E-state index < -0.39 is 11.9 Å². The highest BCUT2D eigenvalue weighted by Gasteiger charge is 2.39. The lowest BCUT2D eigenvalue weighted by molar-refractivity contribution is -0.140. The van der Waals surface area contributed by atoms with Crippen LogP contribution >= 0.6 is 0 Å². The predicted molar refractivity (Wildman–Crippen MR) is 60.1 cm³/mol. The molecule has 1 aliphatic rings. The number of halogens is 3. The molecule has 96 valence electrons. The van der Waals surface area contributed by atoms with Crippen LogP contribution in [0.2, 0.25) is 0 Å². The molecule has 18 heavy (non-hydrogen) atoms. The van der Waals surface area contributed by atoms with Crippen molar-refractivity contribution < 1.29 is 13.2 Å². The first kappa shape index (κ1) is 11.5. The van der Waals surface area contributed by atoms with E-state index in [1.54, 1.807) is 12.1 Å². The van der Waals surface area contributed by atoms with Gasteiger partial charge in [0.2, 0.25) is 0 Å². The number of hydrogen-bond donors (Lipinski definition) is 1. The van der Waals surface area contributed by atoms with Crippen molar-refractivity contribution in [3.63, 3.8) is 0 Å². The van der Waals surface area contributed by atoms with Gasteiger partial charge >= 0.3 is 6.18 Å². The van der Waals surface area contributed by atoms with Crippen molar-refractivity contribution in [1.29, 1.82) is 0 Å². The number of rotatable bonds is 2. The number of alkyl halides is 3. The van der Waals surface area contributed by atoms with Crippen LogP contribution in [0.15, 0.2) is 24.4 Å². The summed E-state index contributed by atoms with van der Waals surface area (Å²) in [7, 11) is 0. The summed E-state index contributed by atoms with van der Waals surface area (Å²) >= 11 is 0. The molecule has 1 aliphatic carbocycles. The lowest BCUT2D eigenvalue weighted by Gasteiger charge is -2.03. The van der Waals surface area contributed by atoms with Gasteiger partial charge in [0.1, 0.15) is 5.65 Å². The molecule has 0 radical (unpaired) electrons. The van der Waals surface area contributed by atoms with E-state index in [-0.39, 0.29) is 5.92 Å². The van der Waals surface area contributed by atoms with Gasteiger partial charge in [0.25, 0.3) is 0 Å². The lowest BCUT2D eigenvalue weighted by Crippen LogP contribution is -2.05. The molecule has 2 aromatic rings. The zero-order valence-electron chi connectivity index (χ0n) is 9.48. The molecular weight excluding hydrogens is 243 g/mol. The molecule has 2 unspecified atom stereocenters. The second kappa shape index (κ2) is 3.71. The largest absolute Gasteiger partial charge is 0.434 e. The molecule has 1 saturated carbocycles. The second-order valence-electron chi connectivity index (χ2n) is 4.64. The monoisotopic (exact) mass is 255 g/mol. The van der Waals surface area contributed by atoms with Crippen LogP contribution in [0.5, 0.6) is 0 Å². The summed E-state index contributed by atoms with van der Waals surface area (Å²) in [5, 5.41) is 0. The van der Waals surface area contributed by atoms with Gasteiger partial charge in [-0.2, -0.15) is 13.2 Å². The summed E-state index contributed by atoms with van der Waals surface area (Å²) in [6, 6.07) is 5.16. The van der Waals surface area contributed by atoms with Crippen LogP contribution < -0.4 is 5.73 Å². The van der Waals surface area contributed by atoms with Crippen molar-refractivity contribution in [2.75, 3.05) is 6.54 Å². The quantitative estimate of drug-likeness (QED) is 0.895. The van der Waals surface area contributed by atoms with E-state index in [1.807, 2.05) is 6.07 Å². The van der Waals surface area contributed by atoms with Gasteiger partial charge in [-0.15, -0.1) is 0 Å². The average Bonchev–Trinajstić information content (AvgIpc) is 2.95. The number of fused-ring (bicyclic) bond motifs is 1. The minimum absolute atomic E-state index is 0.258. The predicted octanol–water partition coefficient (Wildman–Crippen LogP) is 2.42. The van der Waals surface area contributed by atoms with Crippen molar-refractivity contribution in [2.24, 2.45) is 11.7 Å². The van der Waals surface area contributed by atoms with E-state index in [0.29, 0.717) is 18.1 Å². The van der Waals surface area contributed by atoms with Crippen molar-refractivity contribution in [2.45, 2.75) is 18.5 Å². The van der Waals surface area contributed by atoms with Crippen LogP contribution in [-0.4, -0.2) is 15.9 Å². The van der Waals surface area contributed by atoms with Crippen LogP contribution in [0.4, 0.5) is 13.2 Å². The van der Waals surface area contributed by atoms with Gasteiger partial charge < -0.3 is 10.1 Å². The van der Waals surface area contributed by atoms with Crippen LogP contribution in [-0.2, 0) is 6.18 Å². The molecule has 0 bridgehead atoms. The topological polar surface area (TPSA) is 43.3 Å². The van der Waals surface area contributed by atoms with E-state index in [2.05, 4.69) is 4.98 Å². The number of nitrogens with two attached hydrogens (primary N) is 1. The number of aromatic nitrogens is 2. The first-order valence-electron chi connectivity index (χ1n) is 5.76. The molecule has 0 saturated heterocycles. The Bertz CT molecular complexity index is 588. The normalized spacial score (nSPS) is 23.6. The molecule has 2 N–H and O–H groups in total. The van der Waals surface area contributed by atoms with Crippen molar-refractivity contribution in [1.82, 2.24) is 9.38 Å². The molecule has 3 rings (SSSR count). The summed E-state index contributed by atoms with van der Waals surface area (Å²) in [5.74, 6) is 0.640. The van der Waals surface area contributed by atoms with Gasteiger partial charge in [-0.05, 0) is 31.0 Å². The zero-order valence-corrected chi connectivity index (χ0v) is 9.48. The highest BCUT2D eigenvalue weighted by Crippen LogP contribution is 2.46. The number of pyridine rings is 1. The van der Waals surface area contributed by atoms with Gasteiger partial charge in [-0.3, -0.25) is 0 Å². The fraction of sp³-hybridized carbons (Fsp3) is 0.417. The van der Waals surface area contributed by atoms with Crippen LogP contribution in [0.1, 0.15) is 23.7 Å². The van der Waals surface area contributed by atoms with E-state index >= 15 is 0 Å². The molecule has 2 heterocycles. The SMILES string of the molecule is NCC1CC1c1cccc2nc(C(F)(F)F)cn12. The zero-order chi connectivity index (χ0) is 12.9. The summed E-state index contributed by atoms with van der Waals surface area (Å²) < 4.78 is 39.4. The van der Waals surface area contributed by atoms with Gasteiger partial charge in [-0.25, -0.2) is 4.98 Å². The number of imidazole rings is 1. The summed E-state index contributed by atoms with van der Waals surface area (Å²) in [4.78, 5) is 3.61. The third-order valence-corrected chi connectivity index (χ3v) is 3.42. The fourth-order valence-corrected chi connectivity index (χ4v) is 2.34. The highest BCUT2D eigenvalue weighted by molar-refractivity contribution is 5.44. The standard InChI is InChI=1S/C12H12F3N3/c13-12(14,15)10-6-18-9(8-4-7(8)5-16)2-1-3-11(18)17-10/h1-3,6-8H,4-5,16H2. The third-order valence-electron chi connectivity index (χ3n) is 3.42. The van der Waals surface area contributed by atoms with Crippen molar-refractivity contribution in [3.05, 3.63) is 35.8 Å². The van der Waals surface area contributed by atoms with E-state index in [1.165, 1.54) is 4.40 Å². The molecule has 2 atom stereocenters. The smallest absolute Gasteiger partial charge is 0.330 e. The molecule has 0 spiro atoms. The minimum atomic E-state index is -4.40. The van der Waals surface area contributed by atoms with Gasteiger partial charge in [-0.1, -0.05) is 6.07 Å². The Hall–Kier alpha value is -1.56. The molecule has 6 heteroatoms. The maximum Gasteiger partial charge on any atom is 0.434 e. The molecule has 2 aromatic heterocycles. The molecule has 0 aliphatic heterocycles. The Morgan fingerprint density at radius 2 is 2.17 bits per heavy atom. The summed E-state index contributed by atoms with van der Waals surface area (Å²) in [5.41, 5.74) is 5.93. The maximum atomic E-state index is 12.6. The number of hydrogen-bond acceptors (Lipinski definition) is 2. The summed E-state index contributed by atoms with van der Waals surface area (Å²) in [6.07, 6.45) is -2.40.